The van der Waals surface area contributed by atoms with Crippen molar-refractivity contribution in [1.82, 2.24) is 0 Å². The first kappa shape index (κ1) is 14.4. The molecule has 106 valence electrons. The molecular weight excluding hydrogens is 269 g/mol. The van der Waals surface area contributed by atoms with E-state index in [-0.39, 0.29) is 17.2 Å². The van der Waals surface area contributed by atoms with Gasteiger partial charge in [-0.05, 0) is 37.0 Å². The first-order valence-electron chi connectivity index (χ1n) is 6.31. The number of hydrogen-bond acceptors (Lipinski definition) is 2. The smallest absolute Gasteiger partial charge is 0.325 e. The second-order valence-electron chi connectivity index (χ2n) is 4.92. The van der Waals surface area contributed by atoms with Crippen molar-refractivity contribution >= 4 is 11.6 Å². The van der Waals surface area contributed by atoms with Crippen molar-refractivity contribution in [3.8, 4) is 6.07 Å². The second kappa shape index (κ2) is 5.53. The molecule has 0 atom stereocenters. The molecule has 1 aromatic rings. The van der Waals surface area contributed by atoms with Gasteiger partial charge >= 0.3 is 6.18 Å². The zero-order chi connectivity index (χ0) is 14.8. The Morgan fingerprint density at radius 1 is 1.40 bits per heavy atom. The van der Waals surface area contributed by atoms with Crippen LogP contribution in [0.3, 0.4) is 0 Å². The summed E-state index contributed by atoms with van der Waals surface area (Å²) in [6.45, 7) is 0. The van der Waals surface area contributed by atoms with Crippen molar-refractivity contribution in [2.24, 2.45) is 5.92 Å². The van der Waals surface area contributed by atoms with E-state index in [0.29, 0.717) is 12.3 Å². The lowest BCUT2D eigenvalue weighted by molar-refractivity contribution is -0.137. The molecule has 3 nitrogen and oxygen atoms in total. The minimum absolute atomic E-state index is 0.129. The molecule has 1 amide bonds. The lowest BCUT2D eigenvalue weighted by atomic mass is 9.83. The maximum absolute atomic E-state index is 12.5. The third-order valence-electron chi connectivity index (χ3n) is 3.44. The van der Waals surface area contributed by atoms with Gasteiger partial charge in [0.25, 0.3) is 0 Å². The summed E-state index contributed by atoms with van der Waals surface area (Å²) in [5.74, 6) is 0.0981. The number of carbonyl (C=O) groups is 1. The predicted octanol–water partition coefficient (Wildman–Crippen LogP) is 3.71. The molecule has 0 radical (unpaired) electrons. The Kier molecular flexibility index (Phi) is 3.98. The van der Waals surface area contributed by atoms with Crippen LogP contribution in [-0.4, -0.2) is 5.91 Å². The highest BCUT2D eigenvalue weighted by Gasteiger charge is 2.31. The van der Waals surface area contributed by atoms with Gasteiger partial charge in [0.2, 0.25) is 5.91 Å². The van der Waals surface area contributed by atoms with Crippen LogP contribution in [0.2, 0.25) is 0 Å². The summed E-state index contributed by atoms with van der Waals surface area (Å²) in [6.07, 6.45) is -1.02. The van der Waals surface area contributed by atoms with Crippen LogP contribution in [0.25, 0.3) is 0 Å². The highest BCUT2D eigenvalue weighted by molar-refractivity contribution is 5.92. The minimum atomic E-state index is -4.50. The quantitative estimate of drug-likeness (QED) is 0.918. The van der Waals surface area contributed by atoms with Gasteiger partial charge < -0.3 is 5.32 Å². The molecule has 1 aliphatic carbocycles. The first-order chi connectivity index (χ1) is 9.40. The van der Waals surface area contributed by atoms with Crippen LogP contribution in [0.4, 0.5) is 18.9 Å². The standard InChI is InChI=1S/C14H13F3N2O/c15-14(16,17)11-4-5-12(10(7-11)8-18)19-13(20)6-9-2-1-3-9/h4-5,7,9H,1-3,6H2,(H,19,20). The Balaban J connectivity index is 2.11. The molecule has 0 heterocycles. The summed E-state index contributed by atoms with van der Waals surface area (Å²) in [5, 5.41) is 11.4. The maximum atomic E-state index is 12.5. The van der Waals surface area contributed by atoms with Gasteiger partial charge in [0.05, 0.1) is 16.8 Å². The van der Waals surface area contributed by atoms with Crippen molar-refractivity contribution in [3.63, 3.8) is 0 Å². The number of alkyl halides is 3. The van der Waals surface area contributed by atoms with Gasteiger partial charge in [0.1, 0.15) is 6.07 Å². The Morgan fingerprint density at radius 2 is 2.10 bits per heavy atom. The summed E-state index contributed by atoms with van der Waals surface area (Å²) in [6, 6.07) is 4.41. The number of anilines is 1. The molecular formula is C14H13F3N2O. The third-order valence-corrected chi connectivity index (χ3v) is 3.44. The Labute approximate surface area is 114 Å². The molecule has 0 saturated heterocycles. The molecule has 0 bridgehead atoms. The van der Waals surface area contributed by atoms with Gasteiger partial charge in [0, 0.05) is 6.42 Å². The average molecular weight is 282 g/mol. The second-order valence-corrected chi connectivity index (χ2v) is 4.92. The minimum Gasteiger partial charge on any atom is -0.325 e. The summed E-state index contributed by atoms with van der Waals surface area (Å²) in [7, 11) is 0. The zero-order valence-electron chi connectivity index (χ0n) is 10.6. The summed E-state index contributed by atoms with van der Waals surface area (Å²) < 4.78 is 37.6. The van der Waals surface area contributed by atoms with E-state index in [1.807, 2.05) is 0 Å². The molecule has 1 fully saturated rings. The molecule has 1 N–H and O–H groups in total. The van der Waals surface area contributed by atoms with Gasteiger partial charge in [-0.3, -0.25) is 4.79 Å². The van der Waals surface area contributed by atoms with E-state index in [2.05, 4.69) is 5.32 Å². The van der Waals surface area contributed by atoms with E-state index < -0.39 is 11.7 Å². The topological polar surface area (TPSA) is 52.9 Å². The van der Waals surface area contributed by atoms with Crippen LogP contribution in [0.1, 0.15) is 36.8 Å². The van der Waals surface area contributed by atoms with E-state index in [4.69, 9.17) is 5.26 Å². The van der Waals surface area contributed by atoms with E-state index in [1.165, 1.54) is 0 Å². The van der Waals surface area contributed by atoms with Crippen molar-refractivity contribution < 1.29 is 18.0 Å². The zero-order valence-corrected chi connectivity index (χ0v) is 10.6. The van der Waals surface area contributed by atoms with Crippen molar-refractivity contribution in [3.05, 3.63) is 29.3 Å². The van der Waals surface area contributed by atoms with E-state index in [0.717, 1.165) is 37.5 Å². The van der Waals surface area contributed by atoms with Crippen LogP contribution < -0.4 is 5.32 Å². The molecule has 1 saturated carbocycles. The molecule has 1 aromatic carbocycles. The Hall–Kier alpha value is -2.03. The van der Waals surface area contributed by atoms with E-state index >= 15 is 0 Å². The normalized spacial score (nSPS) is 15.3. The fourth-order valence-electron chi connectivity index (χ4n) is 2.08. The number of halogens is 3. The van der Waals surface area contributed by atoms with E-state index in [1.54, 1.807) is 6.07 Å². The lowest BCUT2D eigenvalue weighted by Gasteiger charge is -2.24. The van der Waals surface area contributed by atoms with Crippen molar-refractivity contribution in [2.75, 3.05) is 5.32 Å². The summed E-state index contributed by atoms with van der Waals surface area (Å²) in [4.78, 5) is 11.7. The van der Waals surface area contributed by atoms with Crippen molar-refractivity contribution in [2.45, 2.75) is 31.9 Å². The number of nitriles is 1. The average Bonchev–Trinajstić information content (AvgIpc) is 2.33. The van der Waals surface area contributed by atoms with Crippen LogP contribution in [-0.2, 0) is 11.0 Å². The van der Waals surface area contributed by atoms with Gasteiger partial charge in [-0.2, -0.15) is 18.4 Å². The highest BCUT2D eigenvalue weighted by Crippen LogP contribution is 2.32. The van der Waals surface area contributed by atoms with Gasteiger partial charge in [-0.1, -0.05) is 6.42 Å². The SMILES string of the molecule is N#Cc1cc(C(F)(F)F)ccc1NC(=O)CC1CCC1. The monoisotopic (exact) mass is 282 g/mol. The Morgan fingerprint density at radius 3 is 2.60 bits per heavy atom. The number of benzene rings is 1. The number of nitrogens with one attached hydrogen (secondary N) is 1. The maximum Gasteiger partial charge on any atom is 0.416 e. The van der Waals surface area contributed by atoms with E-state index in [9.17, 15) is 18.0 Å². The molecule has 0 unspecified atom stereocenters. The van der Waals surface area contributed by atoms with Crippen LogP contribution >= 0.6 is 0 Å². The predicted molar refractivity (Wildman–Crippen MR) is 66.7 cm³/mol. The Bertz CT molecular complexity index is 557. The molecule has 1 aliphatic rings. The number of nitrogens with zero attached hydrogens (tertiary/aromatic N) is 1. The van der Waals surface area contributed by atoms with Gasteiger partial charge in [0.15, 0.2) is 0 Å². The largest absolute Gasteiger partial charge is 0.416 e. The molecule has 0 aromatic heterocycles. The first-order valence-corrected chi connectivity index (χ1v) is 6.31. The molecule has 6 heteroatoms. The number of carbonyl (C=O) groups excluding carboxylic acids is 1. The molecule has 2 rings (SSSR count). The molecule has 20 heavy (non-hydrogen) atoms. The van der Waals surface area contributed by atoms with Crippen LogP contribution in [0, 0.1) is 17.2 Å². The molecule has 0 spiro atoms. The summed E-state index contributed by atoms with van der Waals surface area (Å²) in [5.41, 5.74) is -0.947. The van der Waals surface area contributed by atoms with Crippen molar-refractivity contribution in [1.29, 1.82) is 5.26 Å². The van der Waals surface area contributed by atoms with Gasteiger partial charge in [-0.25, -0.2) is 0 Å². The number of rotatable bonds is 3. The number of amides is 1. The van der Waals surface area contributed by atoms with Gasteiger partial charge in [-0.15, -0.1) is 0 Å². The third kappa shape index (κ3) is 3.29. The fraction of sp³-hybridized carbons (Fsp3) is 0.429. The fourth-order valence-corrected chi connectivity index (χ4v) is 2.08. The number of hydrogen-bond donors (Lipinski definition) is 1. The lowest BCUT2D eigenvalue weighted by Crippen LogP contribution is -2.21. The molecule has 0 aliphatic heterocycles. The summed E-state index contributed by atoms with van der Waals surface area (Å²) >= 11 is 0. The van der Waals surface area contributed by atoms with Crippen LogP contribution in [0.15, 0.2) is 18.2 Å². The highest BCUT2D eigenvalue weighted by atomic mass is 19.4. The van der Waals surface area contributed by atoms with Crippen LogP contribution in [0.5, 0.6) is 0 Å².